The van der Waals surface area contributed by atoms with Crippen molar-refractivity contribution in [3.05, 3.63) is 28.5 Å². The molecule has 0 unspecified atom stereocenters. The molecule has 0 spiro atoms. The van der Waals surface area contributed by atoms with Crippen molar-refractivity contribution in [3.63, 3.8) is 0 Å². The molecule has 0 atom stereocenters. The first-order chi connectivity index (χ1) is 9.58. The summed E-state index contributed by atoms with van der Waals surface area (Å²) in [6.07, 6.45) is 3.50. The molecule has 2 aromatic rings. The Morgan fingerprint density at radius 2 is 2.35 bits per heavy atom. The number of carboxylic acid groups (broad SMARTS) is 1. The summed E-state index contributed by atoms with van der Waals surface area (Å²) in [5.41, 5.74) is 3.07. The quantitative estimate of drug-likeness (QED) is 0.817. The average molecular weight is 294 g/mol. The summed E-state index contributed by atoms with van der Waals surface area (Å²) >= 11 is 1.50. The van der Waals surface area contributed by atoms with Gasteiger partial charge >= 0.3 is 5.97 Å². The summed E-state index contributed by atoms with van der Waals surface area (Å²) < 4.78 is 1.82. The molecule has 0 amide bonds. The number of hydrogen-bond acceptors (Lipinski definition) is 5. The monoisotopic (exact) mass is 294 g/mol. The molecule has 0 aromatic carbocycles. The van der Waals surface area contributed by atoms with Crippen LogP contribution in [0.3, 0.4) is 0 Å². The average Bonchev–Trinajstić information content (AvgIpc) is 3.00. The first-order valence-electron chi connectivity index (χ1n) is 6.50. The van der Waals surface area contributed by atoms with E-state index in [1.54, 1.807) is 0 Å². The molecule has 6 nitrogen and oxygen atoms in total. The molecule has 2 rings (SSSR count). The van der Waals surface area contributed by atoms with Crippen molar-refractivity contribution in [1.29, 1.82) is 0 Å². The van der Waals surface area contributed by atoms with Gasteiger partial charge in [-0.1, -0.05) is 6.92 Å². The highest BCUT2D eigenvalue weighted by Gasteiger charge is 2.08. The molecule has 0 radical (unpaired) electrons. The molecule has 0 fully saturated rings. The molecular formula is C13H18N4O2S. The molecule has 0 aliphatic carbocycles. The van der Waals surface area contributed by atoms with Crippen LogP contribution < -0.4 is 5.32 Å². The maximum atomic E-state index is 10.5. The minimum Gasteiger partial charge on any atom is -0.481 e. The number of carbonyl (C=O) groups is 1. The van der Waals surface area contributed by atoms with Crippen molar-refractivity contribution in [1.82, 2.24) is 14.8 Å². The van der Waals surface area contributed by atoms with E-state index in [-0.39, 0.29) is 6.42 Å². The summed E-state index contributed by atoms with van der Waals surface area (Å²) in [5, 5.41) is 19.0. The minimum atomic E-state index is -0.796. The van der Waals surface area contributed by atoms with Gasteiger partial charge in [-0.05, 0) is 6.42 Å². The van der Waals surface area contributed by atoms with Crippen LogP contribution in [-0.4, -0.2) is 25.8 Å². The first kappa shape index (κ1) is 14.5. The van der Waals surface area contributed by atoms with Gasteiger partial charge in [-0.2, -0.15) is 5.10 Å². The third-order valence-corrected chi connectivity index (χ3v) is 3.75. The number of nitrogens with zero attached hydrogens (tertiary/aromatic N) is 3. The van der Waals surface area contributed by atoms with Gasteiger partial charge < -0.3 is 10.4 Å². The standard InChI is InChI=1S/C13H18N4O2S/c1-3-11-9(7-17(2)16-11)6-14-13-15-10(8-20-13)4-5-12(18)19/h7-8H,3-6H2,1-2H3,(H,14,15)(H,18,19). The fraction of sp³-hybridized carbons (Fsp3) is 0.462. The number of hydrogen-bond donors (Lipinski definition) is 2. The van der Waals surface area contributed by atoms with Crippen molar-refractivity contribution >= 4 is 22.4 Å². The number of thiazole rings is 1. The van der Waals surface area contributed by atoms with Crippen LogP contribution in [0.2, 0.25) is 0 Å². The van der Waals surface area contributed by atoms with Crippen LogP contribution in [0.25, 0.3) is 0 Å². The van der Waals surface area contributed by atoms with Crippen molar-refractivity contribution in [2.24, 2.45) is 7.05 Å². The highest BCUT2D eigenvalue weighted by Crippen LogP contribution is 2.18. The fourth-order valence-corrected chi connectivity index (χ4v) is 2.68. The predicted molar refractivity (Wildman–Crippen MR) is 78.0 cm³/mol. The molecule has 20 heavy (non-hydrogen) atoms. The maximum Gasteiger partial charge on any atom is 0.303 e. The molecule has 0 aliphatic rings. The Kier molecular flexibility index (Phi) is 4.73. The van der Waals surface area contributed by atoms with Crippen LogP contribution in [0.15, 0.2) is 11.6 Å². The lowest BCUT2D eigenvalue weighted by atomic mass is 10.2. The molecule has 0 aliphatic heterocycles. The second-order valence-corrected chi connectivity index (χ2v) is 5.38. The van der Waals surface area contributed by atoms with Gasteiger partial charge in [0.05, 0.1) is 17.8 Å². The van der Waals surface area contributed by atoms with Gasteiger partial charge in [0, 0.05) is 37.2 Å². The topological polar surface area (TPSA) is 80.0 Å². The van der Waals surface area contributed by atoms with E-state index in [0.717, 1.165) is 28.5 Å². The van der Waals surface area contributed by atoms with E-state index in [4.69, 9.17) is 5.11 Å². The van der Waals surface area contributed by atoms with Crippen molar-refractivity contribution in [2.45, 2.75) is 32.7 Å². The van der Waals surface area contributed by atoms with E-state index in [1.165, 1.54) is 11.3 Å². The Bertz CT molecular complexity index is 591. The summed E-state index contributed by atoms with van der Waals surface area (Å²) in [6.45, 7) is 2.77. The zero-order valence-corrected chi connectivity index (χ0v) is 12.4. The number of aromatic nitrogens is 3. The lowest BCUT2D eigenvalue weighted by molar-refractivity contribution is -0.136. The number of aliphatic carboxylic acids is 1. The lowest BCUT2D eigenvalue weighted by Crippen LogP contribution is -2.01. The Labute approximate surface area is 121 Å². The Morgan fingerprint density at radius 3 is 3.05 bits per heavy atom. The van der Waals surface area contributed by atoms with Gasteiger partial charge in [0.2, 0.25) is 0 Å². The smallest absolute Gasteiger partial charge is 0.303 e. The number of carboxylic acids is 1. The van der Waals surface area contributed by atoms with Crippen molar-refractivity contribution in [3.8, 4) is 0 Å². The minimum absolute atomic E-state index is 0.117. The number of aryl methyl sites for hydroxylation is 3. The predicted octanol–water partition coefficient (Wildman–Crippen LogP) is 2.07. The van der Waals surface area contributed by atoms with E-state index >= 15 is 0 Å². The molecule has 0 bridgehead atoms. The molecular weight excluding hydrogens is 276 g/mol. The second kappa shape index (κ2) is 6.51. The molecule has 7 heteroatoms. The van der Waals surface area contributed by atoms with Crippen LogP contribution in [0.5, 0.6) is 0 Å². The Hall–Kier alpha value is -1.89. The van der Waals surface area contributed by atoms with Crippen LogP contribution >= 0.6 is 11.3 Å². The van der Waals surface area contributed by atoms with E-state index in [2.05, 4.69) is 22.3 Å². The molecule has 2 heterocycles. The highest BCUT2D eigenvalue weighted by atomic mass is 32.1. The van der Waals surface area contributed by atoms with Gasteiger partial charge in [0.25, 0.3) is 0 Å². The summed E-state index contributed by atoms with van der Waals surface area (Å²) in [4.78, 5) is 14.9. The van der Waals surface area contributed by atoms with Crippen LogP contribution in [0, 0.1) is 0 Å². The molecule has 0 saturated carbocycles. The normalized spacial score (nSPS) is 10.7. The van der Waals surface area contributed by atoms with Crippen LogP contribution in [-0.2, 0) is 31.2 Å². The third-order valence-electron chi connectivity index (χ3n) is 2.90. The number of nitrogens with one attached hydrogen (secondary N) is 1. The van der Waals surface area contributed by atoms with Gasteiger partial charge in [0.15, 0.2) is 5.13 Å². The summed E-state index contributed by atoms with van der Waals surface area (Å²) in [6, 6.07) is 0. The van der Waals surface area contributed by atoms with E-state index in [0.29, 0.717) is 13.0 Å². The zero-order valence-electron chi connectivity index (χ0n) is 11.6. The molecule has 108 valence electrons. The zero-order chi connectivity index (χ0) is 14.5. The van der Waals surface area contributed by atoms with Crippen molar-refractivity contribution in [2.75, 3.05) is 5.32 Å². The number of rotatable bonds is 7. The largest absolute Gasteiger partial charge is 0.481 e. The first-order valence-corrected chi connectivity index (χ1v) is 7.38. The fourth-order valence-electron chi connectivity index (χ4n) is 1.94. The summed E-state index contributed by atoms with van der Waals surface area (Å²) in [5.74, 6) is -0.796. The SMILES string of the molecule is CCc1nn(C)cc1CNc1nc(CCC(=O)O)cs1. The second-order valence-electron chi connectivity index (χ2n) is 4.52. The Morgan fingerprint density at radius 1 is 1.55 bits per heavy atom. The van der Waals surface area contributed by atoms with E-state index in [1.807, 2.05) is 23.3 Å². The molecule has 2 aromatic heterocycles. The van der Waals surface area contributed by atoms with E-state index < -0.39 is 5.97 Å². The van der Waals surface area contributed by atoms with Crippen LogP contribution in [0.1, 0.15) is 30.3 Å². The number of anilines is 1. The molecule has 2 N–H and O–H groups in total. The lowest BCUT2D eigenvalue weighted by Gasteiger charge is -2.01. The van der Waals surface area contributed by atoms with Crippen molar-refractivity contribution < 1.29 is 9.90 Å². The highest BCUT2D eigenvalue weighted by molar-refractivity contribution is 7.13. The maximum absolute atomic E-state index is 10.5. The Balaban J connectivity index is 1.92. The van der Waals surface area contributed by atoms with Gasteiger partial charge in [-0.25, -0.2) is 4.98 Å². The van der Waals surface area contributed by atoms with E-state index in [9.17, 15) is 4.79 Å². The summed E-state index contributed by atoms with van der Waals surface area (Å²) in [7, 11) is 1.91. The van der Waals surface area contributed by atoms with Gasteiger partial charge in [0.1, 0.15) is 0 Å². The van der Waals surface area contributed by atoms with Gasteiger partial charge in [-0.15, -0.1) is 11.3 Å². The third kappa shape index (κ3) is 3.80. The van der Waals surface area contributed by atoms with Gasteiger partial charge in [-0.3, -0.25) is 9.48 Å². The molecule has 0 saturated heterocycles. The van der Waals surface area contributed by atoms with Crippen LogP contribution in [0.4, 0.5) is 5.13 Å².